The summed E-state index contributed by atoms with van der Waals surface area (Å²) in [6.45, 7) is 0. The molecule has 2 rings (SSSR count). The first-order valence-corrected chi connectivity index (χ1v) is 9.63. The summed E-state index contributed by atoms with van der Waals surface area (Å²) in [4.78, 5) is 11.3. The zero-order chi connectivity index (χ0) is 15.6. The molecule has 0 unspecified atom stereocenters. The quantitative estimate of drug-likeness (QED) is 0.755. The third-order valence-corrected chi connectivity index (χ3v) is 6.63. The fourth-order valence-electron chi connectivity index (χ4n) is 2.47. The number of hydrogen-bond donors (Lipinski definition) is 2. The summed E-state index contributed by atoms with van der Waals surface area (Å²) in [5, 5.41) is 0. The van der Waals surface area contributed by atoms with Crippen LogP contribution >= 0.6 is 31.9 Å². The van der Waals surface area contributed by atoms with Crippen LogP contribution in [0.3, 0.4) is 0 Å². The van der Waals surface area contributed by atoms with Crippen molar-refractivity contribution in [1.29, 1.82) is 0 Å². The van der Waals surface area contributed by atoms with Crippen molar-refractivity contribution in [3.8, 4) is 0 Å². The number of carbonyl (C=O) groups excluding carboxylic acids is 1. The lowest BCUT2D eigenvalue weighted by Gasteiger charge is -2.27. The molecule has 0 atom stereocenters. The van der Waals surface area contributed by atoms with Crippen LogP contribution in [0.5, 0.6) is 0 Å². The molecule has 0 spiro atoms. The van der Waals surface area contributed by atoms with Crippen LogP contribution in [0.4, 0.5) is 0 Å². The van der Waals surface area contributed by atoms with E-state index < -0.39 is 10.0 Å². The number of halogens is 2. The van der Waals surface area contributed by atoms with Crippen molar-refractivity contribution in [2.75, 3.05) is 0 Å². The maximum absolute atomic E-state index is 12.4. The topological polar surface area (TPSA) is 89.3 Å². The molecular formula is C13H16Br2N2O3S. The van der Waals surface area contributed by atoms with Crippen molar-refractivity contribution >= 4 is 47.8 Å². The van der Waals surface area contributed by atoms with Gasteiger partial charge in [0, 0.05) is 20.9 Å². The van der Waals surface area contributed by atoms with Gasteiger partial charge in [-0.3, -0.25) is 4.79 Å². The van der Waals surface area contributed by atoms with Crippen molar-refractivity contribution in [1.82, 2.24) is 4.72 Å². The van der Waals surface area contributed by atoms with Crippen molar-refractivity contribution in [2.45, 2.75) is 36.6 Å². The number of benzene rings is 1. The Bertz CT molecular complexity index is 641. The molecule has 1 aliphatic rings. The molecule has 3 N–H and O–H groups in total. The summed E-state index contributed by atoms with van der Waals surface area (Å²) < 4.78 is 28.8. The third kappa shape index (κ3) is 4.28. The Labute approximate surface area is 141 Å². The van der Waals surface area contributed by atoms with Gasteiger partial charge in [0.2, 0.25) is 15.9 Å². The first kappa shape index (κ1) is 16.9. The van der Waals surface area contributed by atoms with E-state index >= 15 is 0 Å². The molecular weight excluding hydrogens is 424 g/mol. The summed E-state index contributed by atoms with van der Waals surface area (Å²) in [5.74, 6) is -0.433. The van der Waals surface area contributed by atoms with E-state index in [9.17, 15) is 13.2 Å². The van der Waals surface area contributed by atoms with Crippen molar-refractivity contribution in [3.63, 3.8) is 0 Å². The monoisotopic (exact) mass is 438 g/mol. The van der Waals surface area contributed by atoms with Gasteiger partial charge in [0.15, 0.2) is 0 Å². The molecule has 0 bridgehead atoms. The average molecular weight is 440 g/mol. The van der Waals surface area contributed by atoms with Gasteiger partial charge in [0.25, 0.3) is 0 Å². The SMILES string of the molecule is NC(=O)C1CCC(NS(=O)(=O)c2ccc(Br)cc2Br)CC1. The van der Waals surface area contributed by atoms with Crippen molar-refractivity contribution in [2.24, 2.45) is 11.7 Å². The summed E-state index contributed by atoms with van der Waals surface area (Å²) in [5.41, 5.74) is 5.28. The Balaban J connectivity index is 2.07. The van der Waals surface area contributed by atoms with Gasteiger partial charge in [-0.2, -0.15) is 0 Å². The average Bonchev–Trinajstić information content (AvgIpc) is 2.38. The van der Waals surface area contributed by atoms with E-state index in [4.69, 9.17) is 5.73 Å². The predicted molar refractivity (Wildman–Crippen MR) is 87.1 cm³/mol. The minimum atomic E-state index is -3.58. The lowest BCUT2D eigenvalue weighted by molar-refractivity contribution is -0.122. The highest BCUT2D eigenvalue weighted by atomic mass is 79.9. The van der Waals surface area contributed by atoms with E-state index in [0.717, 1.165) is 4.47 Å². The molecule has 8 heteroatoms. The van der Waals surface area contributed by atoms with Gasteiger partial charge in [-0.1, -0.05) is 15.9 Å². The van der Waals surface area contributed by atoms with Crippen LogP contribution < -0.4 is 10.5 Å². The summed E-state index contributed by atoms with van der Waals surface area (Å²) in [6.07, 6.45) is 2.51. The first-order valence-electron chi connectivity index (χ1n) is 6.56. The van der Waals surface area contributed by atoms with Crippen LogP contribution in [0.15, 0.2) is 32.0 Å². The molecule has 0 aromatic heterocycles. The number of amides is 1. The number of hydrogen-bond acceptors (Lipinski definition) is 3. The Kier molecular flexibility index (Phi) is 5.45. The van der Waals surface area contributed by atoms with E-state index in [-0.39, 0.29) is 22.8 Å². The molecule has 116 valence electrons. The lowest BCUT2D eigenvalue weighted by Crippen LogP contribution is -2.39. The molecule has 0 heterocycles. The Morgan fingerprint density at radius 1 is 1.19 bits per heavy atom. The first-order chi connectivity index (χ1) is 9.79. The van der Waals surface area contributed by atoms with E-state index in [1.165, 1.54) is 0 Å². The standard InChI is InChI=1S/C13H16Br2N2O3S/c14-9-3-6-12(11(15)7-9)21(19,20)17-10-4-1-8(2-5-10)13(16)18/h3,6-8,10,17H,1-2,4-5H2,(H2,16,18). The molecule has 1 fully saturated rings. The van der Waals surface area contributed by atoms with Gasteiger partial charge in [0.05, 0.1) is 4.90 Å². The maximum atomic E-state index is 12.4. The molecule has 21 heavy (non-hydrogen) atoms. The van der Waals surface area contributed by atoms with Crippen LogP contribution in [0.2, 0.25) is 0 Å². The smallest absolute Gasteiger partial charge is 0.241 e. The number of carbonyl (C=O) groups is 1. The Hall–Kier alpha value is -0.440. The zero-order valence-electron chi connectivity index (χ0n) is 11.2. The molecule has 1 amide bonds. The number of rotatable bonds is 4. The highest BCUT2D eigenvalue weighted by molar-refractivity contribution is 9.11. The lowest BCUT2D eigenvalue weighted by atomic mass is 9.86. The van der Waals surface area contributed by atoms with Gasteiger partial charge in [0.1, 0.15) is 0 Å². The molecule has 1 aromatic rings. The van der Waals surface area contributed by atoms with Gasteiger partial charge >= 0.3 is 0 Å². The molecule has 1 saturated carbocycles. The summed E-state index contributed by atoms with van der Waals surface area (Å²) in [6, 6.07) is 4.77. The van der Waals surface area contributed by atoms with Gasteiger partial charge < -0.3 is 5.73 Å². The summed E-state index contributed by atoms with van der Waals surface area (Å²) >= 11 is 6.56. The highest BCUT2D eigenvalue weighted by Crippen LogP contribution is 2.28. The fourth-order valence-corrected chi connectivity index (χ4v) is 5.52. The third-order valence-electron chi connectivity index (χ3n) is 3.63. The minimum absolute atomic E-state index is 0.134. The molecule has 1 aliphatic carbocycles. The number of nitrogens with one attached hydrogen (secondary N) is 1. The number of primary amides is 1. The molecule has 1 aromatic carbocycles. The second kappa shape index (κ2) is 6.76. The van der Waals surface area contributed by atoms with Gasteiger partial charge in [-0.15, -0.1) is 0 Å². The van der Waals surface area contributed by atoms with E-state index in [1.54, 1.807) is 18.2 Å². The Morgan fingerprint density at radius 2 is 1.81 bits per heavy atom. The maximum Gasteiger partial charge on any atom is 0.241 e. The number of nitrogens with two attached hydrogens (primary N) is 1. The van der Waals surface area contributed by atoms with Crippen molar-refractivity contribution < 1.29 is 13.2 Å². The second-order valence-electron chi connectivity index (χ2n) is 5.15. The van der Waals surface area contributed by atoms with E-state index in [1.807, 2.05) is 0 Å². The van der Waals surface area contributed by atoms with Crippen LogP contribution in [-0.2, 0) is 14.8 Å². The molecule has 5 nitrogen and oxygen atoms in total. The van der Waals surface area contributed by atoms with E-state index in [2.05, 4.69) is 36.6 Å². The van der Waals surface area contributed by atoms with Crippen LogP contribution in [0.25, 0.3) is 0 Å². The predicted octanol–water partition coefficient (Wildman–Crippen LogP) is 2.53. The highest BCUT2D eigenvalue weighted by Gasteiger charge is 2.28. The van der Waals surface area contributed by atoms with Crippen LogP contribution in [0, 0.1) is 5.92 Å². The zero-order valence-corrected chi connectivity index (χ0v) is 15.2. The van der Waals surface area contributed by atoms with Crippen LogP contribution in [0.1, 0.15) is 25.7 Å². The minimum Gasteiger partial charge on any atom is -0.369 e. The molecule has 0 aliphatic heterocycles. The fraction of sp³-hybridized carbons (Fsp3) is 0.462. The normalized spacial score (nSPS) is 23.0. The Morgan fingerprint density at radius 3 is 2.33 bits per heavy atom. The molecule has 0 radical (unpaired) electrons. The number of sulfonamides is 1. The largest absolute Gasteiger partial charge is 0.369 e. The van der Waals surface area contributed by atoms with Crippen molar-refractivity contribution in [3.05, 3.63) is 27.1 Å². The van der Waals surface area contributed by atoms with E-state index in [0.29, 0.717) is 30.2 Å². The summed E-state index contributed by atoms with van der Waals surface area (Å²) in [7, 11) is -3.58. The van der Waals surface area contributed by atoms with Gasteiger partial charge in [-0.05, 0) is 59.8 Å². The second-order valence-corrected chi connectivity index (χ2v) is 8.60. The van der Waals surface area contributed by atoms with Crippen LogP contribution in [-0.4, -0.2) is 20.4 Å². The molecule has 0 saturated heterocycles. The van der Waals surface area contributed by atoms with Gasteiger partial charge in [-0.25, -0.2) is 13.1 Å².